The zero-order valence-electron chi connectivity index (χ0n) is 8.98. The highest BCUT2D eigenvalue weighted by Gasteiger charge is 2.09. The van der Waals surface area contributed by atoms with E-state index in [1.807, 2.05) is 18.2 Å². The second-order valence-electron chi connectivity index (χ2n) is 3.53. The van der Waals surface area contributed by atoms with Gasteiger partial charge in [-0.3, -0.25) is 4.79 Å². The minimum Gasteiger partial charge on any atom is -0.481 e. The first-order valence-corrected chi connectivity index (χ1v) is 7.49. The van der Waals surface area contributed by atoms with Gasteiger partial charge in [0.15, 0.2) is 0 Å². The number of benzene rings is 1. The van der Waals surface area contributed by atoms with Gasteiger partial charge in [0.2, 0.25) is 0 Å². The van der Waals surface area contributed by atoms with Gasteiger partial charge in [0.1, 0.15) is 0 Å². The Bertz CT molecular complexity index is 536. The molecular weight excluding hydrogens is 276 g/mol. The fourth-order valence-electron chi connectivity index (χ4n) is 1.48. The van der Waals surface area contributed by atoms with Crippen LogP contribution in [0, 0.1) is 0 Å². The summed E-state index contributed by atoms with van der Waals surface area (Å²) in [6.07, 6.45) is 0.202. The second-order valence-corrected chi connectivity index (χ2v) is 6.15. The van der Waals surface area contributed by atoms with Crippen LogP contribution in [0.3, 0.4) is 0 Å². The Morgan fingerprint density at radius 3 is 2.88 bits per heavy atom. The van der Waals surface area contributed by atoms with Crippen LogP contribution in [0.5, 0.6) is 0 Å². The number of hydrogen-bond acceptors (Lipinski definition) is 3. The third kappa shape index (κ3) is 3.15. The molecule has 2 nitrogen and oxygen atoms in total. The Morgan fingerprint density at radius 1 is 1.41 bits per heavy atom. The van der Waals surface area contributed by atoms with Gasteiger partial charge in [-0.2, -0.15) is 11.8 Å². The van der Waals surface area contributed by atoms with E-state index in [2.05, 4.69) is 6.07 Å². The molecule has 1 aromatic carbocycles. The number of carboxylic acids is 1. The van der Waals surface area contributed by atoms with Crippen molar-refractivity contribution in [3.05, 3.63) is 34.2 Å². The van der Waals surface area contributed by atoms with Crippen molar-refractivity contribution in [3.63, 3.8) is 0 Å². The standard InChI is InChI=1S/C12H11ClO2S2/c13-12-8-3-1-2-4-9(8)17-10(12)7-16-6-5-11(14)15/h1-4H,5-7H2,(H,14,15). The number of thioether (sulfide) groups is 1. The van der Waals surface area contributed by atoms with Crippen molar-refractivity contribution < 1.29 is 9.90 Å². The summed E-state index contributed by atoms with van der Waals surface area (Å²) in [7, 11) is 0. The van der Waals surface area contributed by atoms with Crippen molar-refractivity contribution in [2.24, 2.45) is 0 Å². The molecule has 0 spiro atoms. The van der Waals surface area contributed by atoms with Gasteiger partial charge in [0.05, 0.1) is 11.4 Å². The Morgan fingerprint density at radius 2 is 2.18 bits per heavy atom. The number of carboxylic acid groups (broad SMARTS) is 1. The molecule has 1 heterocycles. The van der Waals surface area contributed by atoms with Gasteiger partial charge >= 0.3 is 5.97 Å². The highest BCUT2D eigenvalue weighted by atomic mass is 35.5. The van der Waals surface area contributed by atoms with Gasteiger partial charge in [-0.25, -0.2) is 0 Å². The van der Waals surface area contributed by atoms with Crippen LogP contribution in [0.2, 0.25) is 5.02 Å². The Labute approximate surface area is 113 Å². The van der Waals surface area contributed by atoms with E-state index >= 15 is 0 Å². The highest BCUT2D eigenvalue weighted by Crippen LogP contribution is 2.37. The van der Waals surface area contributed by atoms with E-state index in [0.717, 1.165) is 21.0 Å². The molecular formula is C12H11ClO2S2. The molecule has 0 bridgehead atoms. The van der Waals surface area contributed by atoms with Gasteiger partial charge < -0.3 is 5.11 Å². The first-order chi connectivity index (χ1) is 8.18. The molecule has 2 aromatic rings. The van der Waals surface area contributed by atoms with Gasteiger partial charge in [-0.15, -0.1) is 11.3 Å². The summed E-state index contributed by atoms with van der Waals surface area (Å²) in [6, 6.07) is 8.04. The lowest BCUT2D eigenvalue weighted by molar-refractivity contribution is -0.136. The zero-order chi connectivity index (χ0) is 12.3. The molecule has 2 rings (SSSR count). The number of aliphatic carboxylic acids is 1. The van der Waals surface area contributed by atoms with Gasteiger partial charge in [-0.05, 0) is 6.07 Å². The maximum Gasteiger partial charge on any atom is 0.304 e. The zero-order valence-corrected chi connectivity index (χ0v) is 11.4. The molecule has 0 saturated carbocycles. The molecule has 0 fully saturated rings. The van der Waals surface area contributed by atoms with E-state index < -0.39 is 5.97 Å². The van der Waals surface area contributed by atoms with Crippen molar-refractivity contribution in [2.45, 2.75) is 12.2 Å². The summed E-state index contributed by atoms with van der Waals surface area (Å²) < 4.78 is 1.19. The molecule has 90 valence electrons. The van der Waals surface area contributed by atoms with Crippen LogP contribution in [-0.2, 0) is 10.5 Å². The summed E-state index contributed by atoms with van der Waals surface area (Å²) in [5, 5.41) is 10.4. The second kappa shape index (κ2) is 5.76. The fraction of sp³-hybridized carbons (Fsp3) is 0.250. The van der Waals surface area contributed by atoms with E-state index in [-0.39, 0.29) is 6.42 Å². The van der Waals surface area contributed by atoms with Crippen LogP contribution in [0.25, 0.3) is 10.1 Å². The van der Waals surface area contributed by atoms with Gasteiger partial charge in [0, 0.05) is 26.5 Å². The average molecular weight is 287 g/mol. The molecule has 0 amide bonds. The van der Waals surface area contributed by atoms with Crippen molar-refractivity contribution in [2.75, 3.05) is 5.75 Å². The van der Waals surface area contributed by atoms with Crippen LogP contribution >= 0.6 is 34.7 Å². The molecule has 5 heteroatoms. The molecule has 1 aromatic heterocycles. The van der Waals surface area contributed by atoms with Gasteiger partial charge in [0.25, 0.3) is 0 Å². The van der Waals surface area contributed by atoms with E-state index in [1.54, 1.807) is 23.1 Å². The van der Waals surface area contributed by atoms with Crippen LogP contribution in [0.1, 0.15) is 11.3 Å². The first kappa shape index (κ1) is 12.7. The average Bonchev–Trinajstić information content (AvgIpc) is 2.63. The topological polar surface area (TPSA) is 37.3 Å². The minimum absolute atomic E-state index is 0.202. The predicted molar refractivity (Wildman–Crippen MR) is 75.2 cm³/mol. The minimum atomic E-state index is -0.750. The van der Waals surface area contributed by atoms with E-state index in [9.17, 15) is 4.79 Å². The first-order valence-electron chi connectivity index (χ1n) is 5.14. The third-order valence-electron chi connectivity index (χ3n) is 2.29. The van der Waals surface area contributed by atoms with Crippen LogP contribution in [-0.4, -0.2) is 16.8 Å². The van der Waals surface area contributed by atoms with Crippen LogP contribution in [0.4, 0.5) is 0 Å². The van der Waals surface area contributed by atoms with Crippen molar-refractivity contribution in [1.82, 2.24) is 0 Å². The monoisotopic (exact) mass is 286 g/mol. The van der Waals surface area contributed by atoms with E-state index in [1.165, 1.54) is 4.70 Å². The molecule has 0 aliphatic heterocycles. The highest BCUT2D eigenvalue weighted by molar-refractivity contribution is 7.98. The predicted octanol–water partition coefficient (Wildman–Crippen LogP) is 4.26. The Hall–Kier alpha value is -0.710. The van der Waals surface area contributed by atoms with Gasteiger partial charge in [-0.1, -0.05) is 29.8 Å². The molecule has 0 aliphatic rings. The number of fused-ring (bicyclic) bond motifs is 1. The summed E-state index contributed by atoms with van der Waals surface area (Å²) in [5.74, 6) is 0.658. The third-order valence-corrected chi connectivity index (χ3v) is 5.18. The largest absolute Gasteiger partial charge is 0.481 e. The summed E-state index contributed by atoms with van der Waals surface area (Å²) in [4.78, 5) is 11.5. The molecule has 0 aliphatic carbocycles. The molecule has 0 radical (unpaired) electrons. The van der Waals surface area contributed by atoms with E-state index in [0.29, 0.717) is 5.75 Å². The van der Waals surface area contributed by atoms with Crippen LogP contribution < -0.4 is 0 Å². The lowest BCUT2D eigenvalue weighted by Gasteiger charge is -1.97. The van der Waals surface area contributed by atoms with Crippen LogP contribution in [0.15, 0.2) is 24.3 Å². The molecule has 0 unspecified atom stereocenters. The lowest BCUT2D eigenvalue weighted by atomic mass is 10.2. The smallest absolute Gasteiger partial charge is 0.304 e. The summed E-state index contributed by atoms with van der Waals surface area (Å²) in [5.41, 5.74) is 0. The number of hydrogen-bond donors (Lipinski definition) is 1. The number of carbonyl (C=O) groups is 1. The lowest BCUT2D eigenvalue weighted by Crippen LogP contribution is -1.95. The molecule has 0 atom stereocenters. The maximum atomic E-state index is 10.4. The fourth-order valence-corrected chi connectivity index (χ4v) is 4.13. The Balaban J connectivity index is 2.04. The van der Waals surface area contributed by atoms with Crippen molar-refractivity contribution in [3.8, 4) is 0 Å². The maximum absolute atomic E-state index is 10.4. The molecule has 0 saturated heterocycles. The molecule has 17 heavy (non-hydrogen) atoms. The molecule has 1 N–H and O–H groups in total. The summed E-state index contributed by atoms with van der Waals surface area (Å²) in [6.45, 7) is 0. The van der Waals surface area contributed by atoms with Crippen molar-refractivity contribution in [1.29, 1.82) is 0 Å². The van der Waals surface area contributed by atoms with E-state index in [4.69, 9.17) is 16.7 Å². The quantitative estimate of drug-likeness (QED) is 0.834. The number of rotatable bonds is 5. The normalized spacial score (nSPS) is 10.9. The number of thiophene rings is 1. The SMILES string of the molecule is O=C(O)CCSCc1sc2ccccc2c1Cl. The van der Waals surface area contributed by atoms with Crippen molar-refractivity contribution >= 4 is 50.8 Å². The Kier molecular flexibility index (Phi) is 4.31. The number of halogens is 1. The summed E-state index contributed by atoms with van der Waals surface area (Å²) >= 11 is 9.57.